The molecule has 0 amide bonds. The van der Waals surface area contributed by atoms with Gasteiger partial charge in [0.25, 0.3) is 0 Å². The third-order valence-corrected chi connectivity index (χ3v) is 3.23. The Bertz CT molecular complexity index is 340. The molecule has 0 bridgehead atoms. The Hall–Kier alpha value is -1.30. The van der Waals surface area contributed by atoms with E-state index in [0.717, 1.165) is 5.92 Å². The van der Waals surface area contributed by atoms with Gasteiger partial charge < -0.3 is 0 Å². The van der Waals surface area contributed by atoms with Crippen LogP contribution in [0.2, 0.25) is 0 Å². The van der Waals surface area contributed by atoms with E-state index in [-0.39, 0.29) is 0 Å². The second-order valence-electron chi connectivity index (χ2n) is 4.55. The molecule has 1 aliphatic rings. The second-order valence-corrected chi connectivity index (χ2v) is 4.55. The fourth-order valence-corrected chi connectivity index (χ4v) is 2.28. The molecule has 0 radical (unpaired) electrons. The maximum atomic E-state index is 2.37. The van der Waals surface area contributed by atoms with Crippen LogP contribution in [0, 0.1) is 5.92 Å². The molecular weight excluding hydrogens is 192 g/mol. The minimum Gasteiger partial charge on any atom is -0.0814 e. The molecule has 0 atom stereocenters. The molecule has 1 aromatic rings. The number of benzene rings is 1. The molecule has 1 fully saturated rings. The van der Waals surface area contributed by atoms with E-state index in [4.69, 9.17) is 0 Å². The fraction of sp³-hybridized carbons (Fsp3) is 0.375. The second kappa shape index (κ2) is 6.32. The Morgan fingerprint density at radius 3 is 2.38 bits per heavy atom. The van der Waals surface area contributed by atoms with Crippen molar-refractivity contribution in [3.05, 3.63) is 54.1 Å². The first-order valence-corrected chi connectivity index (χ1v) is 6.35. The summed E-state index contributed by atoms with van der Waals surface area (Å²) in [6.45, 7) is 0. The average molecular weight is 212 g/mol. The van der Waals surface area contributed by atoms with Gasteiger partial charge in [0.2, 0.25) is 0 Å². The SMILES string of the molecule is C(=C/C1CCCCC1)/C=C/c1ccccc1. The molecule has 0 nitrogen and oxygen atoms in total. The van der Waals surface area contributed by atoms with Crippen molar-refractivity contribution < 1.29 is 0 Å². The quantitative estimate of drug-likeness (QED) is 0.629. The van der Waals surface area contributed by atoms with Crippen molar-refractivity contribution in [2.45, 2.75) is 32.1 Å². The summed E-state index contributed by atoms with van der Waals surface area (Å²) in [6, 6.07) is 10.5. The van der Waals surface area contributed by atoms with Gasteiger partial charge in [-0.3, -0.25) is 0 Å². The molecule has 0 spiro atoms. The van der Waals surface area contributed by atoms with Crippen LogP contribution in [0.15, 0.2) is 48.6 Å². The maximum Gasteiger partial charge on any atom is -0.0230 e. The lowest BCUT2D eigenvalue weighted by atomic mass is 9.89. The smallest absolute Gasteiger partial charge is 0.0230 e. The minimum absolute atomic E-state index is 0.828. The molecule has 1 aromatic carbocycles. The monoisotopic (exact) mass is 212 g/mol. The zero-order valence-corrected chi connectivity index (χ0v) is 9.81. The highest BCUT2D eigenvalue weighted by Gasteiger charge is 2.08. The maximum absolute atomic E-state index is 2.37. The molecule has 0 heterocycles. The van der Waals surface area contributed by atoms with E-state index < -0.39 is 0 Å². The summed E-state index contributed by atoms with van der Waals surface area (Å²) in [4.78, 5) is 0. The molecule has 1 saturated carbocycles. The van der Waals surface area contributed by atoms with Gasteiger partial charge in [-0.25, -0.2) is 0 Å². The van der Waals surface area contributed by atoms with Gasteiger partial charge in [0.1, 0.15) is 0 Å². The van der Waals surface area contributed by atoms with E-state index in [0.29, 0.717) is 0 Å². The largest absolute Gasteiger partial charge is 0.0814 e. The molecule has 1 aliphatic carbocycles. The van der Waals surface area contributed by atoms with E-state index in [1.54, 1.807) is 0 Å². The predicted molar refractivity (Wildman–Crippen MR) is 71.2 cm³/mol. The first kappa shape index (κ1) is 11.2. The molecule has 0 N–H and O–H groups in total. The van der Waals surface area contributed by atoms with Crippen molar-refractivity contribution in [2.75, 3.05) is 0 Å². The highest BCUT2D eigenvalue weighted by molar-refractivity contribution is 5.50. The number of allylic oxidation sites excluding steroid dienone is 3. The highest BCUT2D eigenvalue weighted by atomic mass is 14.1. The Labute approximate surface area is 98.7 Å². The molecule has 0 saturated heterocycles. The lowest BCUT2D eigenvalue weighted by Crippen LogP contribution is -2.02. The van der Waals surface area contributed by atoms with Gasteiger partial charge in [0.15, 0.2) is 0 Å². The number of hydrogen-bond acceptors (Lipinski definition) is 0. The first-order valence-electron chi connectivity index (χ1n) is 6.35. The molecule has 2 rings (SSSR count). The first-order chi connectivity index (χ1) is 7.95. The zero-order chi connectivity index (χ0) is 11.1. The normalized spacial score (nSPS) is 18.5. The number of hydrogen-bond donors (Lipinski definition) is 0. The predicted octanol–water partition coefficient (Wildman–Crippen LogP) is 4.84. The summed E-state index contributed by atoms with van der Waals surface area (Å²) in [5, 5.41) is 0. The highest BCUT2D eigenvalue weighted by Crippen LogP contribution is 2.24. The Morgan fingerprint density at radius 1 is 0.875 bits per heavy atom. The van der Waals surface area contributed by atoms with Crippen LogP contribution in [0.4, 0.5) is 0 Å². The van der Waals surface area contributed by atoms with Crippen molar-refractivity contribution in [1.29, 1.82) is 0 Å². The van der Waals surface area contributed by atoms with E-state index in [1.165, 1.54) is 37.7 Å². The molecule has 0 heteroatoms. The van der Waals surface area contributed by atoms with Crippen LogP contribution in [0.25, 0.3) is 6.08 Å². The van der Waals surface area contributed by atoms with Crippen LogP contribution in [-0.4, -0.2) is 0 Å². The third kappa shape index (κ3) is 3.69. The van der Waals surface area contributed by atoms with Crippen LogP contribution >= 0.6 is 0 Å². The molecule has 0 aliphatic heterocycles. The van der Waals surface area contributed by atoms with Gasteiger partial charge in [-0.15, -0.1) is 0 Å². The Balaban J connectivity index is 1.82. The van der Waals surface area contributed by atoms with Gasteiger partial charge >= 0.3 is 0 Å². The van der Waals surface area contributed by atoms with Crippen molar-refractivity contribution in [2.24, 2.45) is 5.92 Å². The lowest BCUT2D eigenvalue weighted by molar-refractivity contribution is 0.419. The van der Waals surface area contributed by atoms with Gasteiger partial charge in [0.05, 0.1) is 0 Å². The van der Waals surface area contributed by atoms with E-state index >= 15 is 0 Å². The zero-order valence-electron chi connectivity index (χ0n) is 9.81. The van der Waals surface area contributed by atoms with Crippen LogP contribution < -0.4 is 0 Å². The number of rotatable bonds is 3. The van der Waals surface area contributed by atoms with Crippen LogP contribution in [0.5, 0.6) is 0 Å². The lowest BCUT2D eigenvalue weighted by Gasteiger charge is -2.17. The van der Waals surface area contributed by atoms with Gasteiger partial charge in [-0.1, -0.05) is 73.9 Å². The van der Waals surface area contributed by atoms with Gasteiger partial charge in [-0.05, 0) is 24.3 Å². The summed E-state index contributed by atoms with van der Waals surface area (Å²) in [5.74, 6) is 0.828. The third-order valence-electron chi connectivity index (χ3n) is 3.23. The summed E-state index contributed by atoms with van der Waals surface area (Å²) in [6.07, 6.45) is 15.9. The minimum atomic E-state index is 0.828. The Morgan fingerprint density at radius 2 is 1.62 bits per heavy atom. The van der Waals surface area contributed by atoms with E-state index in [2.05, 4.69) is 54.6 Å². The standard InChI is InChI=1S/C16H20/c1-3-9-15(10-4-1)13-7-8-14-16-11-5-2-6-12-16/h1,3-4,7-10,13-14,16H,2,5-6,11-12H2/b13-7+,14-8-. The fourth-order valence-electron chi connectivity index (χ4n) is 2.28. The average Bonchev–Trinajstić information content (AvgIpc) is 2.37. The molecular formula is C16H20. The van der Waals surface area contributed by atoms with Crippen molar-refractivity contribution in [3.8, 4) is 0 Å². The van der Waals surface area contributed by atoms with Gasteiger partial charge in [0, 0.05) is 0 Å². The van der Waals surface area contributed by atoms with Crippen LogP contribution in [0.3, 0.4) is 0 Å². The summed E-state index contributed by atoms with van der Waals surface area (Å²) < 4.78 is 0. The van der Waals surface area contributed by atoms with Crippen molar-refractivity contribution in [1.82, 2.24) is 0 Å². The Kier molecular flexibility index (Phi) is 4.42. The molecule has 0 unspecified atom stereocenters. The summed E-state index contributed by atoms with van der Waals surface area (Å²) in [7, 11) is 0. The van der Waals surface area contributed by atoms with Crippen LogP contribution in [-0.2, 0) is 0 Å². The van der Waals surface area contributed by atoms with Gasteiger partial charge in [-0.2, -0.15) is 0 Å². The van der Waals surface area contributed by atoms with Crippen molar-refractivity contribution >= 4 is 6.08 Å². The van der Waals surface area contributed by atoms with E-state index in [1.807, 2.05) is 0 Å². The molecule has 16 heavy (non-hydrogen) atoms. The molecule has 0 aromatic heterocycles. The summed E-state index contributed by atoms with van der Waals surface area (Å²) in [5.41, 5.74) is 1.27. The topological polar surface area (TPSA) is 0 Å². The summed E-state index contributed by atoms with van der Waals surface area (Å²) >= 11 is 0. The van der Waals surface area contributed by atoms with Crippen LogP contribution in [0.1, 0.15) is 37.7 Å². The van der Waals surface area contributed by atoms with Crippen molar-refractivity contribution in [3.63, 3.8) is 0 Å². The molecule has 84 valence electrons. The van der Waals surface area contributed by atoms with E-state index in [9.17, 15) is 0 Å².